The summed E-state index contributed by atoms with van der Waals surface area (Å²) in [5, 5.41) is 3.30. The predicted molar refractivity (Wildman–Crippen MR) is 67.1 cm³/mol. The molecule has 1 unspecified atom stereocenters. The van der Waals surface area contributed by atoms with Crippen LogP contribution in [0.25, 0.3) is 0 Å². The minimum Gasteiger partial charge on any atom is -0.326 e. The molecule has 1 saturated heterocycles. The summed E-state index contributed by atoms with van der Waals surface area (Å²) in [4.78, 5) is 2.30. The second-order valence-electron chi connectivity index (χ2n) is 4.52. The van der Waals surface area contributed by atoms with Gasteiger partial charge in [0.2, 0.25) is 0 Å². The highest BCUT2D eigenvalue weighted by atomic mass is 19.1. The fraction of sp³-hybridized carbons (Fsp3) is 0.538. The zero-order chi connectivity index (χ0) is 12.3. The van der Waals surface area contributed by atoms with E-state index in [1.54, 1.807) is 6.07 Å². The summed E-state index contributed by atoms with van der Waals surface area (Å²) < 4.78 is 13.8. The van der Waals surface area contributed by atoms with Crippen molar-refractivity contribution in [3.05, 3.63) is 35.1 Å². The number of hydrogen-bond acceptors (Lipinski definition) is 3. The van der Waals surface area contributed by atoms with E-state index < -0.39 is 0 Å². The van der Waals surface area contributed by atoms with Crippen molar-refractivity contribution in [1.29, 1.82) is 0 Å². The monoisotopic (exact) mass is 237 g/mol. The van der Waals surface area contributed by atoms with Crippen LogP contribution in [-0.4, -0.2) is 31.1 Å². The third-order valence-electron chi connectivity index (χ3n) is 3.45. The van der Waals surface area contributed by atoms with Gasteiger partial charge in [-0.2, -0.15) is 0 Å². The number of nitrogens with zero attached hydrogens (tertiary/aromatic N) is 1. The van der Waals surface area contributed by atoms with Gasteiger partial charge in [-0.1, -0.05) is 12.1 Å². The van der Waals surface area contributed by atoms with Gasteiger partial charge < -0.3 is 11.1 Å². The van der Waals surface area contributed by atoms with Crippen LogP contribution in [0.15, 0.2) is 18.2 Å². The Morgan fingerprint density at radius 1 is 1.41 bits per heavy atom. The lowest BCUT2D eigenvalue weighted by atomic mass is 10.0. The number of piperazine rings is 1. The van der Waals surface area contributed by atoms with Crippen molar-refractivity contribution in [2.45, 2.75) is 19.5 Å². The van der Waals surface area contributed by atoms with Crippen molar-refractivity contribution in [2.75, 3.05) is 26.2 Å². The van der Waals surface area contributed by atoms with E-state index in [-0.39, 0.29) is 11.9 Å². The minimum atomic E-state index is -0.131. The third-order valence-corrected chi connectivity index (χ3v) is 3.45. The average molecular weight is 237 g/mol. The molecule has 1 aliphatic rings. The van der Waals surface area contributed by atoms with Crippen LogP contribution in [0, 0.1) is 5.82 Å². The maximum Gasteiger partial charge on any atom is 0.127 e. The molecule has 0 amide bonds. The van der Waals surface area contributed by atoms with Crippen LogP contribution < -0.4 is 11.1 Å². The minimum absolute atomic E-state index is 0.114. The van der Waals surface area contributed by atoms with Crippen molar-refractivity contribution in [3.8, 4) is 0 Å². The first-order chi connectivity index (χ1) is 8.22. The molecule has 1 atom stereocenters. The Labute approximate surface area is 102 Å². The van der Waals surface area contributed by atoms with Crippen molar-refractivity contribution in [1.82, 2.24) is 10.2 Å². The second-order valence-corrected chi connectivity index (χ2v) is 4.52. The Morgan fingerprint density at radius 2 is 2.12 bits per heavy atom. The summed E-state index contributed by atoms with van der Waals surface area (Å²) >= 11 is 0. The molecule has 0 saturated carbocycles. The van der Waals surface area contributed by atoms with Gasteiger partial charge in [0, 0.05) is 44.3 Å². The lowest BCUT2D eigenvalue weighted by Gasteiger charge is -2.33. The van der Waals surface area contributed by atoms with E-state index >= 15 is 0 Å². The maximum absolute atomic E-state index is 13.8. The van der Waals surface area contributed by atoms with Crippen molar-refractivity contribution in [2.24, 2.45) is 5.73 Å². The van der Waals surface area contributed by atoms with Gasteiger partial charge in [0.05, 0.1) is 0 Å². The van der Waals surface area contributed by atoms with Crippen LogP contribution in [-0.2, 0) is 6.54 Å². The van der Waals surface area contributed by atoms with Gasteiger partial charge in [-0.3, -0.25) is 4.90 Å². The summed E-state index contributed by atoms with van der Waals surface area (Å²) in [6, 6.07) is 5.28. The Kier molecular flexibility index (Phi) is 4.10. The SMILES string of the molecule is CC(c1cc(CN)ccc1F)N1CCNCC1. The topological polar surface area (TPSA) is 41.3 Å². The molecule has 1 fully saturated rings. The third kappa shape index (κ3) is 2.83. The number of halogens is 1. The molecule has 3 nitrogen and oxygen atoms in total. The van der Waals surface area contributed by atoms with Crippen molar-refractivity contribution in [3.63, 3.8) is 0 Å². The lowest BCUT2D eigenvalue weighted by molar-refractivity contribution is 0.182. The molecule has 2 rings (SSSR count). The first-order valence-corrected chi connectivity index (χ1v) is 6.15. The van der Waals surface area contributed by atoms with Crippen molar-refractivity contribution < 1.29 is 4.39 Å². The van der Waals surface area contributed by atoms with Crippen LogP contribution in [0.5, 0.6) is 0 Å². The maximum atomic E-state index is 13.8. The van der Waals surface area contributed by atoms with E-state index in [1.807, 2.05) is 6.07 Å². The summed E-state index contributed by atoms with van der Waals surface area (Å²) in [5.41, 5.74) is 7.35. The Morgan fingerprint density at radius 3 is 2.76 bits per heavy atom. The number of rotatable bonds is 3. The summed E-state index contributed by atoms with van der Waals surface area (Å²) in [5.74, 6) is -0.131. The van der Waals surface area contributed by atoms with Crippen LogP contribution in [0.2, 0.25) is 0 Å². The van der Waals surface area contributed by atoms with Gasteiger partial charge in [-0.15, -0.1) is 0 Å². The molecule has 0 aliphatic carbocycles. The molecule has 1 heterocycles. The molecule has 94 valence electrons. The summed E-state index contributed by atoms with van der Waals surface area (Å²) in [6.45, 7) is 6.40. The fourth-order valence-electron chi connectivity index (χ4n) is 2.31. The standard InChI is InChI=1S/C13H20FN3/c1-10(17-6-4-16-5-7-17)12-8-11(9-15)2-3-13(12)14/h2-3,8,10,16H,4-7,9,15H2,1H3. The molecular formula is C13H20FN3. The van der Waals surface area contributed by atoms with E-state index in [1.165, 1.54) is 6.07 Å². The number of hydrogen-bond donors (Lipinski definition) is 2. The van der Waals surface area contributed by atoms with E-state index in [9.17, 15) is 4.39 Å². The van der Waals surface area contributed by atoms with Crippen LogP contribution in [0.1, 0.15) is 24.1 Å². The molecule has 0 aromatic heterocycles. The zero-order valence-electron chi connectivity index (χ0n) is 10.2. The molecule has 1 aliphatic heterocycles. The zero-order valence-corrected chi connectivity index (χ0v) is 10.2. The quantitative estimate of drug-likeness (QED) is 0.831. The molecule has 1 aromatic rings. The highest BCUT2D eigenvalue weighted by Crippen LogP contribution is 2.24. The van der Waals surface area contributed by atoms with Gasteiger partial charge in [0.15, 0.2) is 0 Å². The predicted octanol–water partition coefficient (Wildman–Crippen LogP) is 1.25. The van der Waals surface area contributed by atoms with Gasteiger partial charge >= 0.3 is 0 Å². The molecule has 0 radical (unpaired) electrons. The van der Waals surface area contributed by atoms with Crippen LogP contribution in [0.3, 0.4) is 0 Å². The largest absolute Gasteiger partial charge is 0.326 e. The smallest absolute Gasteiger partial charge is 0.127 e. The van der Waals surface area contributed by atoms with E-state index in [2.05, 4.69) is 17.1 Å². The first kappa shape index (κ1) is 12.5. The Bertz CT molecular complexity index is 375. The number of nitrogens with two attached hydrogens (primary N) is 1. The molecule has 3 N–H and O–H groups in total. The number of benzene rings is 1. The highest BCUT2D eigenvalue weighted by Gasteiger charge is 2.20. The van der Waals surface area contributed by atoms with E-state index in [4.69, 9.17) is 5.73 Å². The molecule has 4 heteroatoms. The van der Waals surface area contributed by atoms with Gasteiger partial charge in [0.25, 0.3) is 0 Å². The Balaban J connectivity index is 2.19. The first-order valence-electron chi connectivity index (χ1n) is 6.15. The lowest BCUT2D eigenvalue weighted by Crippen LogP contribution is -2.44. The summed E-state index contributed by atoms with van der Waals surface area (Å²) in [7, 11) is 0. The van der Waals surface area contributed by atoms with E-state index in [0.717, 1.165) is 37.3 Å². The van der Waals surface area contributed by atoms with Crippen LogP contribution in [0.4, 0.5) is 4.39 Å². The average Bonchev–Trinajstić information content (AvgIpc) is 2.39. The normalized spacial score (nSPS) is 19.2. The highest BCUT2D eigenvalue weighted by molar-refractivity contribution is 5.27. The molecule has 0 bridgehead atoms. The molecule has 17 heavy (non-hydrogen) atoms. The summed E-state index contributed by atoms with van der Waals surface area (Å²) in [6.07, 6.45) is 0. The molecule has 0 spiro atoms. The van der Waals surface area contributed by atoms with Crippen LogP contribution >= 0.6 is 0 Å². The number of nitrogens with one attached hydrogen (secondary N) is 1. The molecular weight excluding hydrogens is 217 g/mol. The Hall–Kier alpha value is -0.970. The van der Waals surface area contributed by atoms with Gasteiger partial charge in [0.1, 0.15) is 5.82 Å². The van der Waals surface area contributed by atoms with E-state index in [0.29, 0.717) is 6.54 Å². The fourth-order valence-corrected chi connectivity index (χ4v) is 2.31. The van der Waals surface area contributed by atoms with Crippen molar-refractivity contribution >= 4 is 0 Å². The van der Waals surface area contributed by atoms with Gasteiger partial charge in [-0.05, 0) is 18.6 Å². The van der Waals surface area contributed by atoms with Gasteiger partial charge in [-0.25, -0.2) is 4.39 Å². The molecule has 1 aromatic carbocycles. The second kappa shape index (κ2) is 5.58.